The second-order valence-corrected chi connectivity index (χ2v) is 8.87. The molecule has 10 heteroatoms. The maximum atomic E-state index is 13.1. The van der Waals surface area contributed by atoms with Gasteiger partial charge >= 0.3 is 13.8 Å². The van der Waals surface area contributed by atoms with Crippen LogP contribution in [0.3, 0.4) is 0 Å². The van der Waals surface area contributed by atoms with E-state index in [1.54, 1.807) is 0 Å². The molecule has 0 bridgehead atoms. The first-order valence-corrected chi connectivity index (χ1v) is 11.1. The van der Waals surface area contributed by atoms with E-state index in [1.807, 2.05) is 0 Å². The van der Waals surface area contributed by atoms with Crippen molar-refractivity contribution in [2.45, 2.75) is 39.0 Å². The number of phosphoric ester groups is 1. The Morgan fingerprint density at radius 1 is 1.34 bits per heavy atom. The van der Waals surface area contributed by atoms with Crippen LogP contribution in [0.25, 0.3) is 0 Å². The minimum absolute atomic E-state index is 0.0476. The zero-order chi connectivity index (χ0) is 21.8. The van der Waals surface area contributed by atoms with Gasteiger partial charge in [0.15, 0.2) is 0 Å². The number of hydrogen-bond donors (Lipinski definition) is 2. The summed E-state index contributed by atoms with van der Waals surface area (Å²) in [5.74, 6) is -2.60. The summed E-state index contributed by atoms with van der Waals surface area (Å²) in [7, 11) is -4.74. The van der Waals surface area contributed by atoms with Crippen LogP contribution in [-0.4, -0.2) is 52.2 Å². The highest BCUT2D eigenvalue weighted by Gasteiger charge is 2.56. The zero-order valence-corrected chi connectivity index (χ0v) is 17.4. The van der Waals surface area contributed by atoms with Gasteiger partial charge in [0.25, 0.3) is 0 Å². The molecule has 162 valence electrons. The number of fused-ring (bicyclic) bond motifs is 1. The zero-order valence-electron chi connectivity index (χ0n) is 16.5. The van der Waals surface area contributed by atoms with Gasteiger partial charge in [-0.3, -0.25) is 19.0 Å². The van der Waals surface area contributed by atoms with Gasteiger partial charge < -0.3 is 14.5 Å². The molecule has 2 aliphatic rings. The number of ether oxygens (including phenoxy) is 1. The van der Waals surface area contributed by atoms with Gasteiger partial charge in [-0.2, -0.15) is 0 Å². The Kier molecular flexibility index (Phi) is 7.56. The first-order valence-electron chi connectivity index (χ1n) is 9.54. The number of phosphoric acid groups is 1. The first-order chi connectivity index (χ1) is 13.5. The molecular formula is C19H28NO8P. The van der Waals surface area contributed by atoms with Crippen molar-refractivity contribution in [3.05, 3.63) is 24.8 Å². The SMILES string of the molecule is C=CC1(COP(=O)(O)O)CCCCC2C(=O)N(CCCOC(=O)C(=C)C)C(=O)C21. The fourth-order valence-electron chi connectivity index (χ4n) is 4.09. The average Bonchev–Trinajstić information content (AvgIpc) is 2.80. The molecular weight excluding hydrogens is 401 g/mol. The third kappa shape index (κ3) is 5.42. The predicted molar refractivity (Wildman–Crippen MR) is 103 cm³/mol. The number of esters is 1. The second-order valence-electron chi connectivity index (χ2n) is 7.63. The Balaban J connectivity index is 2.14. The van der Waals surface area contributed by atoms with Crippen molar-refractivity contribution in [2.24, 2.45) is 17.3 Å². The van der Waals surface area contributed by atoms with Crippen LogP contribution in [-0.2, 0) is 28.2 Å². The predicted octanol–water partition coefficient (Wildman–Crippen LogP) is 1.95. The van der Waals surface area contributed by atoms with Gasteiger partial charge in [0, 0.05) is 17.5 Å². The van der Waals surface area contributed by atoms with Gasteiger partial charge in [-0.25, -0.2) is 9.36 Å². The summed E-state index contributed by atoms with van der Waals surface area (Å²) >= 11 is 0. The van der Waals surface area contributed by atoms with Gasteiger partial charge in [-0.15, -0.1) is 6.58 Å². The Hall–Kier alpha value is -1.80. The number of imide groups is 1. The summed E-state index contributed by atoms with van der Waals surface area (Å²) < 4.78 is 21.0. The van der Waals surface area contributed by atoms with Gasteiger partial charge in [0.2, 0.25) is 11.8 Å². The molecule has 1 aliphatic heterocycles. The number of likely N-dealkylation sites (tertiary alicyclic amines) is 1. The fourth-order valence-corrected chi connectivity index (χ4v) is 4.50. The summed E-state index contributed by atoms with van der Waals surface area (Å²) in [5.41, 5.74) is -0.766. The van der Waals surface area contributed by atoms with Crippen LogP contribution in [0, 0.1) is 17.3 Å². The minimum atomic E-state index is -4.74. The number of carbonyl (C=O) groups is 3. The summed E-state index contributed by atoms with van der Waals surface area (Å²) in [5, 5.41) is 0. The molecule has 0 aromatic rings. The van der Waals surface area contributed by atoms with E-state index < -0.39 is 36.9 Å². The molecule has 1 heterocycles. The highest BCUT2D eigenvalue weighted by Crippen LogP contribution is 2.51. The third-order valence-electron chi connectivity index (χ3n) is 5.56. The van der Waals surface area contributed by atoms with Crippen LogP contribution in [0.1, 0.15) is 39.0 Å². The van der Waals surface area contributed by atoms with Crippen LogP contribution in [0.4, 0.5) is 0 Å². The molecule has 9 nitrogen and oxygen atoms in total. The van der Waals surface area contributed by atoms with E-state index in [9.17, 15) is 18.9 Å². The van der Waals surface area contributed by atoms with Gasteiger partial charge in [0.05, 0.1) is 25.0 Å². The number of amides is 2. The summed E-state index contributed by atoms with van der Waals surface area (Å²) in [4.78, 5) is 56.8. The van der Waals surface area contributed by atoms with Crippen molar-refractivity contribution in [2.75, 3.05) is 19.8 Å². The highest BCUT2D eigenvalue weighted by atomic mass is 31.2. The lowest BCUT2D eigenvalue weighted by atomic mass is 9.69. The van der Waals surface area contributed by atoms with Crippen molar-refractivity contribution in [3.63, 3.8) is 0 Å². The normalized spacial score (nSPS) is 27.3. The number of nitrogens with zero attached hydrogens (tertiary/aromatic N) is 1. The lowest BCUT2D eigenvalue weighted by Gasteiger charge is -2.35. The Morgan fingerprint density at radius 2 is 2.03 bits per heavy atom. The summed E-state index contributed by atoms with van der Waals surface area (Å²) in [6.07, 6.45) is 4.16. The van der Waals surface area contributed by atoms with Crippen molar-refractivity contribution < 1.29 is 38.0 Å². The molecule has 0 radical (unpaired) electrons. The lowest BCUT2D eigenvalue weighted by molar-refractivity contribution is -0.141. The molecule has 1 saturated heterocycles. The standard InChI is InChI=1S/C19H28NO8P/c1-4-19(12-28-29(24,25)26)9-6-5-8-14-15(19)17(22)20(16(14)21)10-7-11-27-18(23)13(2)3/h4,14-15H,1-2,5-12H2,3H3,(H2,24,25,26). The van der Waals surface area contributed by atoms with E-state index in [-0.39, 0.29) is 37.7 Å². The van der Waals surface area contributed by atoms with Crippen LogP contribution >= 0.6 is 7.82 Å². The van der Waals surface area contributed by atoms with Crippen molar-refractivity contribution >= 4 is 25.6 Å². The quantitative estimate of drug-likeness (QED) is 0.142. The van der Waals surface area contributed by atoms with E-state index in [4.69, 9.17) is 19.0 Å². The maximum absolute atomic E-state index is 13.1. The molecule has 2 N–H and O–H groups in total. The van der Waals surface area contributed by atoms with Crippen LogP contribution in [0.15, 0.2) is 24.8 Å². The number of rotatable bonds is 9. The Labute approximate surface area is 170 Å². The summed E-state index contributed by atoms with van der Waals surface area (Å²) in [6.45, 7) is 8.55. The molecule has 3 unspecified atom stereocenters. The molecule has 0 spiro atoms. The molecule has 2 rings (SSSR count). The van der Waals surface area contributed by atoms with E-state index >= 15 is 0 Å². The molecule has 29 heavy (non-hydrogen) atoms. The smallest absolute Gasteiger partial charge is 0.462 e. The van der Waals surface area contributed by atoms with Crippen molar-refractivity contribution in [1.82, 2.24) is 4.90 Å². The molecule has 1 saturated carbocycles. The van der Waals surface area contributed by atoms with E-state index in [1.165, 1.54) is 13.0 Å². The summed E-state index contributed by atoms with van der Waals surface area (Å²) in [6, 6.07) is 0. The van der Waals surface area contributed by atoms with Crippen molar-refractivity contribution in [3.8, 4) is 0 Å². The molecule has 1 aliphatic carbocycles. The molecule has 0 aromatic carbocycles. The van der Waals surface area contributed by atoms with E-state index in [0.717, 1.165) is 11.3 Å². The monoisotopic (exact) mass is 429 g/mol. The van der Waals surface area contributed by atoms with E-state index in [0.29, 0.717) is 19.3 Å². The minimum Gasteiger partial charge on any atom is -0.462 e. The first kappa shape index (κ1) is 23.5. The average molecular weight is 429 g/mol. The largest absolute Gasteiger partial charge is 0.469 e. The molecule has 2 fully saturated rings. The van der Waals surface area contributed by atoms with Gasteiger partial charge in [0.1, 0.15) is 0 Å². The number of hydrogen-bond acceptors (Lipinski definition) is 6. The Morgan fingerprint density at radius 3 is 2.62 bits per heavy atom. The number of carbonyl (C=O) groups excluding carboxylic acids is 3. The van der Waals surface area contributed by atoms with Crippen LogP contribution < -0.4 is 0 Å². The van der Waals surface area contributed by atoms with Crippen molar-refractivity contribution in [1.29, 1.82) is 0 Å². The van der Waals surface area contributed by atoms with Gasteiger partial charge in [-0.05, 0) is 26.2 Å². The molecule has 0 aromatic heterocycles. The van der Waals surface area contributed by atoms with Crippen LogP contribution in [0.5, 0.6) is 0 Å². The Bertz CT molecular complexity index is 744. The maximum Gasteiger partial charge on any atom is 0.469 e. The molecule has 3 atom stereocenters. The highest BCUT2D eigenvalue weighted by molar-refractivity contribution is 7.46. The topological polar surface area (TPSA) is 130 Å². The van der Waals surface area contributed by atoms with Gasteiger partial charge in [-0.1, -0.05) is 25.5 Å². The van der Waals surface area contributed by atoms with Crippen LogP contribution in [0.2, 0.25) is 0 Å². The lowest BCUT2D eigenvalue weighted by Crippen LogP contribution is -2.40. The van der Waals surface area contributed by atoms with E-state index in [2.05, 4.69) is 13.2 Å². The third-order valence-corrected chi connectivity index (χ3v) is 6.03. The second kappa shape index (κ2) is 9.34. The molecule has 2 amide bonds. The fraction of sp³-hybridized carbons (Fsp3) is 0.632.